The average Bonchev–Trinajstić information content (AvgIpc) is 2.46. The highest BCUT2D eigenvalue weighted by Gasteiger charge is 2.40. The third-order valence-corrected chi connectivity index (χ3v) is 5.97. The number of thioether (sulfide) groups is 1. The van der Waals surface area contributed by atoms with Crippen molar-refractivity contribution in [2.75, 3.05) is 24.7 Å². The first kappa shape index (κ1) is 17.3. The molecule has 2 N–H and O–H groups in total. The van der Waals surface area contributed by atoms with Crippen molar-refractivity contribution in [3.63, 3.8) is 0 Å². The summed E-state index contributed by atoms with van der Waals surface area (Å²) in [6.45, 7) is 5.81. The summed E-state index contributed by atoms with van der Waals surface area (Å²) in [7, 11) is 0. The maximum atomic E-state index is 12.7. The molecule has 0 amide bonds. The lowest BCUT2D eigenvalue weighted by molar-refractivity contribution is -0.139. The molecule has 2 atom stereocenters. The van der Waals surface area contributed by atoms with E-state index in [9.17, 15) is 4.79 Å². The summed E-state index contributed by atoms with van der Waals surface area (Å²) in [6, 6.07) is 0. The molecule has 2 fully saturated rings. The minimum atomic E-state index is 0.0140. The van der Waals surface area contributed by atoms with Gasteiger partial charge in [0.2, 0.25) is 0 Å². The molecule has 2 saturated heterocycles. The van der Waals surface area contributed by atoms with Gasteiger partial charge in [0, 0.05) is 18.9 Å². The molecule has 2 unspecified atom stereocenters. The summed E-state index contributed by atoms with van der Waals surface area (Å²) < 4.78 is 6.09. The molecule has 21 heavy (non-hydrogen) atoms. The molecule has 0 saturated carbocycles. The maximum absolute atomic E-state index is 12.7. The van der Waals surface area contributed by atoms with E-state index in [2.05, 4.69) is 13.8 Å². The van der Waals surface area contributed by atoms with Gasteiger partial charge in [0.05, 0.1) is 5.60 Å². The summed E-state index contributed by atoms with van der Waals surface area (Å²) in [5.74, 6) is 3.98. The molecule has 122 valence electrons. The zero-order valence-corrected chi connectivity index (χ0v) is 14.4. The van der Waals surface area contributed by atoms with E-state index in [1.54, 1.807) is 0 Å². The third kappa shape index (κ3) is 4.97. The number of ether oxygens (including phenoxy) is 1. The lowest BCUT2D eigenvalue weighted by atomic mass is 9.78. The fourth-order valence-electron chi connectivity index (χ4n) is 3.78. The van der Waals surface area contributed by atoms with Crippen LogP contribution < -0.4 is 5.73 Å². The zero-order chi connectivity index (χ0) is 15.3. The van der Waals surface area contributed by atoms with Crippen LogP contribution in [0, 0.1) is 17.8 Å². The van der Waals surface area contributed by atoms with Gasteiger partial charge in [-0.3, -0.25) is 4.79 Å². The molecule has 3 nitrogen and oxygen atoms in total. The SMILES string of the molecule is CC(C)CC(CN)CC(=O)C1CCOC2(CCSCC2)C1. The van der Waals surface area contributed by atoms with Gasteiger partial charge >= 0.3 is 0 Å². The second kappa shape index (κ2) is 7.98. The highest BCUT2D eigenvalue weighted by atomic mass is 32.2. The average molecular weight is 314 g/mol. The number of hydrogen-bond donors (Lipinski definition) is 1. The van der Waals surface area contributed by atoms with Crippen LogP contribution >= 0.6 is 11.8 Å². The normalized spacial score (nSPS) is 27.0. The standard InChI is InChI=1S/C17H31NO2S/c1-13(2)9-14(12-18)10-16(19)15-3-6-20-17(11-15)4-7-21-8-5-17/h13-15H,3-12,18H2,1-2H3. The van der Waals surface area contributed by atoms with Gasteiger partial charge in [0.25, 0.3) is 0 Å². The number of nitrogens with two attached hydrogens (primary N) is 1. The van der Waals surface area contributed by atoms with Crippen LogP contribution in [0.4, 0.5) is 0 Å². The minimum absolute atomic E-state index is 0.0140. The Labute approximate surface area is 133 Å². The predicted molar refractivity (Wildman–Crippen MR) is 89.6 cm³/mol. The Balaban J connectivity index is 1.89. The van der Waals surface area contributed by atoms with Crippen LogP contribution in [0.5, 0.6) is 0 Å². The minimum Gasteiger partial charge on any atom is -0.375 e. The highest BCUT2D eigenvalue weighted by molar-refractivity contribution is 7.99. The van der Waals surface area contributed by atoms with Crippen LogP contribution in [0.1, 0.15) is 52.4 Å². The van der Waals surface area contributed by atoms with Crippen molar-refractivity contribution in [3.05, 3.63) is 0 Å². The van der Waals surface area contributed by atoms with Crippen molar-refractivity contribution in [3.8, 4) is 0 Å². The Morgan fingerprint density at radius 2 is 2.10 bits per heavy atom. The quantitative estimate of drug-likeness (QED) is 0.818. The van der Waals surface area contributed by atoms with E-state index in [4.69, 9.17) is 10.5 Å². The molecule has 0 aromatic heterocycles. The molecule has 2 aliphatic heterocycles. The molecule has 0 aromatic rings. The first-order valence-electron chi connectivity index (χ1n) is 8.49. The van der Waals surface area contributed by atoms with Gasteiger partial charge in [0.1, 0.15) is 5.78 Å². The molecular weight excluding hydrogens is 282 g/mol. The van der Waals surface area contributed by atoms with Crippen LogP contribution in [0.3, 0.4) is 0 Å². The van der Waals surface area contributed by atoms with Crippen LogP contribution in [-0.2, 0) is 9.53 Å². The second-order valence-corrected chi connectivity index (χ2v) is 8.46. The van der Waals surface area contributed by atoms with Gasteiger partial charge in [-0.1, -0.05) is 13.8 Å². The molecule has 2 rings (SSSR count). The van der Waals surface area contributed by atoms with Gasteiger partial charge < -0.3 is 10.5 Å². The zero-order valence-electron chi connectivity index (χ0n) is 13.6. The van der Waals surface area contributed by atoms with Crippen molar-refractivity contribution in [2.45, 2.75) is 58.0 Å². The molecule has 2 aliphatic rings. The van der Waals surface area contributed by atoms with E-state index in [1.165, 1.54) is 11.5 Å². The molecule has 4 heteroatoms. The van der Waals surface area contributed by atoms with Crippen molar-refractivity contribution < 1.29 is 9.53 Å². The van der Waals surface area contributed by atoms with E-state index in [0.29, 0.717) is 30.6 Å². The summed E-state index contributed by atoms with van der Waals surface area (Å²) >= 11 is 2.01. The van der Waals surface area contributed by atoms with Gasteiger partial charge in [-0.15, -0.1) is 0 Å². The van der Waals surface area contributed by atoms with Gasteiger partial charge in [-0.2, -0.15) is 11.8 Å². The van der Waals surface area contributed by atoms with E-state index in [0.717, 1.165) is 38.7 Å². The molecule has 0 radical (unpaired) electrons. The maximum Gasteiger partial charge on any atom is 0.136 e. The summed E-state index contributed by atoms with van der Waals surface area (Å²) in [5, 5.41) is 0. The van der Waals surface area contributed by atoms with E-state index in [1.807, 2.05) is 11.8 Å². The molecule has 0 bridgehead atoms. The van der Waals surface area contributed by atoms with Crippen molar-refractivity contribution in [1.82, 2.24) is 0 Å². The first-order valence-corrected chi connectivity index (χ1v) is 9.64. The number of ketones is 1. The number of rotatable bonds is 6. The fraction of sp³-hybridized carbons (Fsp3) is 0.941. The largest absolute Gasteiger partial charge is 0.375 e. The lowest BCUT2D eigenvalue weighted by Gasteiger charge is -2.43. The Hall–Kier alpha value is -0.0600. The monoisotopic (exact) mass is 313 g/mol. The first-order chi connectivity index (χ1) is 10.0. The topological polar surface area (TPSA) is 52.3 Å². The summed E-state index contributed by atoms with van der Waals surface area (Å²) in [5.41, 5.74) is 5.87. The van der Waals surface area contributed by atoms with Crippen molar-refractivity contribution in [2.24, 2.45) is 23.5 Å². The summed E-state index contributed by atoms with van der Waals surface area (Å²) in [4.78, 5) is 12.7. The van der Waals surface area contributed by atoms with Gasteiger partial charge in [-0.05, 0) is 62.0 Å². The fourth-order valence-corrected chi connectivity index (χ4v) is 5.01. The second-order valence-electron chi connectivity index (χ2n) is 7.24. The third-order valence-electron chi connectivity index (χ3n) is 4.98. The Morgan fingerprint density at radius 3 is 2.71 bits per heavy atom. The Bertz CT molecular complexity index is 334. The summed E-state index contributed by atoms with van der Waals surface area (Å²) in [6.07, 6.45) is 5.83. The molecule has 1 spiro atoms. The van der Waals surface area contributed by atoms with Crippen LogP contribution in [0.2, 0.25) is 0 Å². The van der Waals surface area contributed by atoms with Crippen LogP contribution in [-0.4, -0.2) is 36.0 Å². The van der Waals surface area contributed by atoms with E-state index >= 15 is 0 Å². The lowest BCUT2D eigenvalue weighted by Crippen LogP contribution is -2.44. The van der Waals surface area contributed by atoms with Gasteiger partial charge in [-0.25, -0.2) is 0 Å². The number of hydrogen-bond acceptors (Lipinski definition) is 4. The number of carbonyl (C=O) groups is 1. The molecule has 0 aliphatic carbocycles. The Morgan fingerprint density at radius 1 is 1.38 bits per heavy atom. The van der Waals surface area contributed by atoms with Crippen molar-refractivity contribution in [1.29, 1.82) is 0 Å². The predicted octanol–water partition coefficient (Wildman–Crippen LogP) is 3.26. The van der Waals surface area contributed by atoms with E-state index < -0.39 is 0 Å². The number of carbonyl (C=O) groups excluding carboxylic acids is 1. The van der Waals surface area contributed by atoms with Crippen LogP contribution in [0.15, 0.2) is 0 Å². The molecule has 2 heterocycles. The van der Waals surface area contributed by atoms with Gasteiger partial charge in [0.15, 0.2) is 0 Å². The van der Waals surface area contributed by atoms with Crippen molar-refractivity contribution >= 4 is 17.5 Å². The molecular formula is C17H31NO2S. The smallest absolute Gasteiger partial charge is 0.136 e. The highest BCUT2D eigenvalue weighted by Crippen LogP contribution is 2.40. The van der Waals surface area contributed by atoms with E-state index in [-0.39, 0.29) is 11.5 Å². The Kier molecular flexibility index (Phi) is 6.57. The van der Waals surface area contributed by atoms with Crippen LogP contribution in [0.25, 0.3) is 0 Å². The molecule has 0 aromatic carbocycles. The number of Topliss-reactive ketones (excluding diaryl/α,β-unsaturated/α-hetero) is 1.